The van der Waals surface area contributed by atoms with Crippen LogP contribution in [0.1, 0.15) is 38.5 Å². The fourth-order valence-corrected chi connectivity index (χ4v) is 3.40. The van der Waals surface area contributed by atoms with Crippen molar-refractivity contribution in [2.75, 3.05) is 6.54 Å². The third kappa shape index (κ3) is 2.46. The Morgan fingerprint density at radius 3 is 2.67 bits per heavy atom. The molecule has 2 aliphatic rings. The van der Waals surface area contributed by atoms with Crippen LogP contribution in [0.4, 0.5) is 0 Å². The fourth-order valence-electron chi connectivity index (χ4n) is 3.40. The number of nitrogens with zero attached hydrogens (tertiary/aromatic N) is 4. The molecule has 0 N–H and O–H groups in total. The number of carbonyl (C=O) groups is 1. The van der Waals surface area contributed by atoms with E-state index in [1.807, 2.05) is 10.9 Å². The van der Waals surface area contributed by atoms with Gasteiger partial charge in [0.25, 0.3) is 0 Å². The van der Waals surface area contributed by atoms with Gasteiger partial charge in [-0.1, -0.05) is 11.6 Å². The Hall–Kier alpha value is -1.23. The van der Waals surface area contributed by atoms with Crippen LogP contribution in [0.3, 0.4) is 0 Å². The van der Waals surface area contributed by atoms with E-state index >= 15 is 0 Å². The van der Waals surface area contributed by atoms with E-state index in [2.05, 4.69) is 15.2 Å². The van der Waals surface area contributed by atoms with Crippen molar-refractivity contribution in [3.05, 3.63) is 12.4 Å². The van der Waals surface area contributed by atoms with Gasteiger partial charge in [0.15, 0.2) is 0 Å². The molecule has 0 aromatic carbocycles. The summed E-state index contributed by atoms with van der Waals surface area (Å²) in [5.74, 6) is 0.470. The quantitative estimate of drug-likeness (QED) is 0.805. The maximum atomic E-state index is 11.6. The molecule has 1 aromatic heterocycles. The molecule has 0 amide bonds. The van der Waals surface area contributed by atoms with Crippen LogP contribution in [0.2, 0.25) is 0 Å². The summed E-state index contributed by atoms with van der Waals surface area (Å²) < 4.78 is 1.88. The van der Waals surface area contributed by atoms with E-state index in [1.54, 1.807) is 6.20 Å². The molecule has 2 atom stereocenters. The number of carbonyl (C=O) groups excluding carboxylic acids is 1. The standard InChI is InChI=1S/C13H20N4O/c18-13-9-11-3-1-4-12(10-13)17(11)7-2-6-16-8-5-14-15-16/h5,8,11-12H,1-4,6-7,9-10H2. The predicted octanol–water partition coefficient (Wildman–Crippen LogP) is 1.25. The fraction of sp³-hybridized carbons (Fsp3) is 0.769. The maximum Gasteiger partial charge on any atom is 0.136 e. The van der Waals surface area contributed by atoms with Gasteiger partial charge in [-0.15, -0.1) is 5.10 Å². The van der Waals surface area contributed by atoms with E-state index in [0.29, 0.717) is 17.9 Å². The van der Waals surface area contributed by atoms with Crippen LogP contribution in [-0.4, -0.2) is 44.3 Å². The summed E-state index contributed by atoms with van der Waals surface area (Å²) in [4.78, 5) is 14.2. The van der Waals surface area contributed by atoms with Crippen LogP contribution in [0.15, 0.2) is 12.4 Å². The third-order valence-corrected chi connectivity index (χ3v) is 4.21. The van der Waals surface area contributed by atoms with E-state index in [1.165, 1.54) is 19.3 Å². The summed E-state index contributed by atoms with van der Waals surface area (Å²) in [6, 6.07) is 1.03. The molecule has 5 heteroatoms. The number of aromatic nitrogens is 3. The molecule has 2 saturated heterocycles. The van der Waals surface area contributed by atoms with E-state index < -0.39 is 0 Å². The van der Waals surface area contributed by atoms with Crippen molar-refractivity contribution in [1.29, 1.82) is 0 Å². The molecular weight excluding hydrogens is 228 g/mol. The van der Waals surface area contributed by atoms with Gasteiger partial charge in [0, 0.05) is 44.2 Å². The van der Waals surface area contributed by atoms with E-state index in [9.17, 15) is 4.79 Å². The molecule has 98 valence electrons. The molecule has 0 saturated carbocycles. The Balaban J connectivity index is 1.54. The maximum absolute atomic E-state index is 11.6. The van der Waals surface area contributed by atoms with Crippen LogP contribution >= 0.6 is 0 Å². The minimum absolute atomic E-state index is 0.470. The van der Waals surface area contributed by atoms with Gasteiger partial charge in [-0.2, -0.15) is 0 Å². The molecule has 0 spiro atoms. The van der Waals surface area contributed by atoms with Gasteiger partial charge < -0.3 is 0 Å². The zero-order valence-corrected chi connectivity index (χ0v) is 10.7. The molecule has 2 bridgehead atoms. The van der Waals surface area contributed by atoms with Gasteiger partial charge in [-0.3, -0.25) is 14.4 Å². The smallest absolute Gasteiger partial charge is 0.136 e. The number of hydrogen-bond acceptors (Lipinski definition) is 4. The molecule has 0 radical (unpaired) electrons. The Labute approximate surface area is 107 Å². The SMILES string of the molecule is O=C1CC2CCCC(C1)N2CCCn1ccnn1. The first kappa shape index (κ1) is 11.8. The monoisotopic (exact) mass is 248 g/mol. The Kier molecular flexibility index (Phi) is 3.41. The van der Waals surface area contributed by atoms with Crippen molar-refractivity contribution in [1.82, 2.24) is 19.9 Å². The average molecular weight is 248 g/mol. The number of fused-ring (bicyclic) bond motifs is 2. The highest BCUT2D eigenvalue weighted by Gasteiger charge is 2.36. The second-order valence-corrected chi connectivity index (χ2v) is 5.44. The van der Waals surface area contributed by atoms with Gasteiger partial charge >= 0.3 is 0 Å². The lowest BCUT2D eigenvalue weighted by Crippen LogP contribution is -2.52. The topological polar surface area (TPSA) is 51.0 Å². The first-order valence-electron chi connectivity index (χ1n) is 6.94. The lowest BCUT2D eigenvalue weighted by atomic mass is 9.83. The molecule has 2 fully saturated rings. The van der Waals surface area contributed by atoms with Crippen LogP contribution < -0.4 is 0 Å². The van der Waals surface area contributed by atoms with Gasteiger partial charge in [0.1, 0.15) is 5.78 Å². The van der Waals surface area contributed by atoms with Crippen LogP contribution in [0, 0.1) is 0 Å². The summed E-state index contributed by atoms with van der Waals surface area (Å²) in [5, 5.41) is 7.79. The van der Waals surface area contributed by atoms with Crippen molar-refractivity contribution in [3.8, 4) is 0 Å². The molecule has 2 aliphatic heterocycles. The van der Waals surface area contributed by atoms with Crippen molar-refractivity contribution >= 4 is 5.78 Å². The number of piperidine rings is 2. The summed E-state index contributed by atoms with van der Waals surface area (Å²) in [6.07, 6.45) is 9.96. The number of ketones is 1. The second-order valence-electron chi connectivity index (χ2n) is 5.44. The molecule has 3 rings (SSSR count). The highest BCUT2D eigenvalue weighted by atomic mass is 16.1. The molecule has 2 unspecified atom stereocenters. The van der Waals surface area contributed by atoms with E-state index in [-0.39, 0.29) is 0 Å². The summed E-state index contributed by atoms with van der Waals surface area (Å²) in [7, 11) is 0. The summed E-state index contributed by atoms with van der Waals surface area (Å²) in [5.41, 5.74) is 0. The number of Topliss-reactive ketones (excluding diaryl/α,β-unsaturated/α-hetero) is 1. The molecule has 5 nitrogen and oxygen atoms in total. The zero-order chi connectivity index (χ0) is 12.4. The van der Waals surface area contributed by atoms with E-state index in [4.69, 9.17) is 0 Å². The minimum atomic E-state index is 0.470. The molecule has 0 aliphatic carbocycles. The largest absolute Gasteiger partial charge is 0.300 e. The van der Waals surface area contributed by atoms with Crippen molar-refractivity contribution in [2.24, 2.45) is 0 Å². The summed E-state index contributed by atoms with van der Waals surface area (Å²) >= 11 is 0. The minimum Gasteiger partial charge on any atom is -0.300 e. The molecule has 3 heterocycles. The van der Waals surface area contributed by atoms with Gasteiger partial charge in [-0.05, 0) is 19.3 Å². The van der Waals surface area contributed by atoms with Crippen LogP contribution in [-0.2, 0) is 11.3 Å². The first-order chi connectivity index (χ1) is 8.83. The number of aryl methyl sites for hydroxylation is 1. The summed E-state index contributed by atoms with van der Waals surface area (Å²) in [6.45, 7) is 2.01. The Bertz CT molecular complexity index is 387. The third-order valence-electron chi connectivity index (χ3n) is 4.21. The van der Waals surface area contributed by atoms with Gasteiger partial charge in [-0.25, -0.2) is 0 Å². The van der Waals surface area contributed by atoms with Gasteiger partial charge in [0.2, 0.25) is 0 Å². The first-order valence-corrected chi connectivity index (χ1v) is 6.94. The normalized spacial score (nSPS) is 28.6. The Morgan fingerprint density at radius 2 is 2.00 bits per heavy atom. The molecule has 18 heavy (non-hydrogen) atoms. The van der Waals surface area contributed by atoms with Crippen molar-refractivity contribution < 1.29 is 4.79 Å². The molecule has 1 aromatic rings. The lowest BCUT2D eigenvalue weighted by molar-refractivity contribution is -0.127. The average Bonchev–Trinajstić information content (AvgIpc) is 2.83. The second kappa shape index (κ2) is 5.18. The van der Waals surface area contributed by atoms with Crippen LogP contribution in [0.5, 0.6) is 0 Å². The lowest BCUT2D eigenvalue weighted by Gasteiger charge is -2.45. The number of rotatable bonds is 4. The highest BCUT2D eigenvalue weighted by molar-refractivity contribution is 5.80. The van der Waals surface area contributed by atoms with Crippen molar-refractivity contribution in [3.63, 3.8) is 0 Å². The number of hydrogen-bond donors (Lipinski definition) is 0. The highest BCUT2D eigenvalue weighted by Crippen LogP contribution is 2.32. The Morgan fingerprint density at radius 1 is 1.22 bits per heavy atom. The van der Waals surface area contributed by atoms with E-state index in [0.717, 1.165) is 32.4 Å². The van der Waals surface area contributed by atoms with Gasteiger partial charge in [0.05, 0.1) is 6.20 Å². The van der Waals surface area contributed by atoms with Crippen molar-refractivity contribution in [2.45, 2.75) is 57.2 Å². The predicted molar refractivity (Wildman–Crippen MR) is 67.0 cm³/mol. The zero-order valence-electron chi connectivity index (χ0n) is 10.7. The van der Waals surface area contributed by atoms with Crippen LogP contribution in [0.25, 0.3) is 0 Å². The molecular formula is C13H20N4O.